The van der Waals surface area contributed by atoms with Gasteiger partial charge in [-0.25, -0.2) is 4.79 Å². The fourth-order valence-corrected chi connectivity index (χ4v) is 3.04. The number of carbonyl (C=O) groups is 2. The average molecular weight is 414 g/mol. The molecular formula is C20H19Cl3O3. The molecule has 26 heavy (non-hydrogen) atoms. The number of rotatable bonds is 4. The summed E-state index contributed by atoms with van der Waals surface area (Å²) in [4.78, 5) is 24.9. The Morgan fingerprint density at radius 1 is 0.923 bits per heavy atom. The van der Waals surface area contributed by atoms with Crippen LogP contribution in [0.1, 0.15) is 54.0 Å². The van der Waals surface area contributed by atoms with Crippen molar-refractivity contribution in [1.29, 1.82) is 0 Å². The van der Waals surface area contributed by atoms with Crippen molar-refractivity contribution >= 4 is 46.6 Å². The molecule has 0 fully saturated rings. The highest BCUT2D eigenvalue weighted by molar-refractivity contribution is 6.46. The molecule has 1 atom stereocenters. The van der Waals surface area contributed by atoms with Crippen LogP contribution in [0.15, 0.2) is 36.4 Å². The van der Waals surface area contributed by atoms with Gasteiger partial charge in [-0.1, -0.05) is 79.8 Å². The van der Waals surface area contributed by atoms with Crippen molar-refractivity contribution in [3.8, 4) is 0 Å². The molecule has 0 amide bonds. The molecule has 0 saturated carbocycles. The van der Waals surface area contributed by atoms with Crippen molar-refractivity contribution in [2.45, 2.75) is 39.2 Å². The van der Waals surface area contributed by atoms with Crippen molar-refractivity contribution in [1.82, 2.24) is 0 Å². The Bertz CT molecular complexity index is 837. The minimum absolute atomic E-state index is 0.00153. The monoisotopic (exact) mass is 412 g/mol. The van der Waals surface area contributed by atoms with Crippen molar-refractivity contribution in [3.05, 3.63) is 68.2 Å². The predicted octanol–water partition coefficient (Wildman–Crippen LogP) is 6.37. The second-order valence-electron chi connectivity index (χ2n) is 6.96. The largest absolute Gasteiger partial charge is 0.451 e. The topological polar surface area (TPSA) is 43.4 Å². The summed E-state index contributed by atoms with van der Waals surface area (Å²) in [6.45, 7) is 7.77. The first-order valence-corrected chi connectivity index (χ1v) is 9.15. The van der Waals surface area contributed by atoms with E-state index in [4.69, 9.17) is 39.5 Å². The molecule has 6 heteroatoms. The van der Waals surface area contributed by atoms with Gasteiger partial charge in [-0.15, -0.1) is 0 Å². The maximum atomic E-state index is 12.5. The van der Waals surface area contributed by atoms with Crippen LogP contribution < -0.4 is 0 Å². The van der Waals surface area contributed by atoms with Crippen molar-refractivity contribution in [3.63, 3.8) is 0 Å². The molecule has 0 saturated heterocycles. The third-order valence-corrected chi connectivity index (χ3v) is 5.06. The Labute approximate surface area is 168 Å². The van der Waals surface area contributed by atoms with Crippen molar-refractivity contribution in [2.24, 2.45) is 0 Å². The predicted molar refractivity (Wildman–Crippen MR) is 106 cm³/mol. The van der Waals surface area contributed by atoms with Crippen LogP contribution in [0, 0.1) is 0 Å². The molecule has 0 aliphatic heterocycles. The molecular weight excluding hydrogens is 395 g/mol. The molecule has 0 bridgehead atoms. The summed E-state index contributed by atoms with van der Waals surface area (Å²) >= 11 is 18.0. The Kier molecular flexibility index (Phi) is 6.38. The summed E-state index contributed by atoms with van der Waals surface area (Å²) in [5.41, 5.74) is 1.50. The first-order chi connectivity index (χ1) is 12.0. The standard InChI is InChI=1S/C20H19Cl3O3/c1-11(18(24)12-5-7-13(8-6-12)20(2,3)4)26-19(25)16-14(21)9-10-15(22)17(16)23/h5-11H,1-4H3/t11-/m1/s1. The van der Waals surface area contributed by atoms with Gasteiger partial charge in [0.15, 0.2) is 6.10 Å². The lowest BCUT2D eigenvalue weighted by Gasteiger charge is -2.19. The van der Waals surface area contributed by atoms with Crippen LogP contribution in [0.25, 0.3) is 0 Å². The molecule has 0 unspecified atom stereocenters. The van der Waals surface area contributed by atoms with E-state index in [0.717, 1.165) is 5.56 Å². The zero-order chi connectivity index (χ0) is 19.6. The van der Waals surface area contributed by atoms with Crippen LogP contribution in [-0.2, 0) is 10.2 Å². The van der Waals surface area contributed by atoms with E-state index >= 15 is 0 Å². The lowest BCUT2D eigenvalue weighted by Crippen LogP contribution is -2.25. The highest BCUT2D eigenvalue weighted by Crippen LogP contribution is 2.32. The van der Waals surface area contributed by atoms with E-state index in [-0.39, 0.29) is 31.8 Å². The average Bonchev–Trinajstić information content (AvgIpc) is 2.57. The van der Waals surface area contributed by atoms with E-state index in [1.54, 1.807) is 12.1 Å². The smallest absolute Gasteiger partial charge is 0.341 e. The van der Waals surface area contributed by atoms with E-state index in [1.165, 1.54) is 19.1 Å². The third-order valence-electron chi connectivity index (χ3n) is 3.94. The first kappa shape index (κ1) is 20.8. The third kappa shape index (κ3) is 4.59. The summed E-state index contributed by atoms with van der Waals surface area (Å²) in [6.07, 6.45) is -0.992. The van der Waals surface area contributed by atoms with Gasteiger partial charge in [0, 0.05) is 5.56 Å². The molecule has 0 aromatic heterocycles. The van der Waals surface area contributed by atoms with Crippen molar-refractivity contribution in [2.75, 3.05) is 0 Å². The molecule has 0 spiro atoms. The molecule has 138 valence electrons. The first-order valence-electron chi connectivity index (χ1n) is 8.01. The maximum absolute atomic E-state index is 12.5. The summed E-state index contributed by atoms with van der Waals surface area (Å²) < 4.78 is 5.25. The fraction of sp³-hybridized carbons (Fsp3) is 0.300. The van der Waals surface area contributed by atoms with Gasteiger partial charge in [-0.05, 0) is 30.0 Å². The molecule has 2 rings (SSSR count). The quantitative estimate of drug-likeness (QED) is 0.332. The zero-order valence-electron chi connectivity index (χ0n) is 14.9. The lowest BCUT2D eigenvalue weighted by atomic mass is 9.86. The molecule has 0 N–H and O–H groups in total. The van der Waals surface area contributed by atoms with Crippen LogP contribution >= 0.6 is 34.8 Å². The van der Waals surface area contributed by atoms with E-state index in [9.17, 15) is 9.59 Å². The number of carbonyl (C=O) groups excluding carboxylic acids is 2. The molecule has 2 aromatic rings. The highest BCUT2D eigenvalue weighted by atomic mass is 35.5. The molecule has 0 heterocycles. The molecule has 0 aliphatic carbocycles. The highest BCUT2D eigenvalue weighted by Gasteiger charge is 2.25. The number of hydrogen-bond donors (Lipinski definition) is 0. The van der Waals surface area contributed by atoms with Gasteiger partial charge in [0.2, 0.25) is 5.78 Å². The van der Waals surface area contributed by atoms with Crippen LogP contribution in [0.5, 0.6) is 0 Å². The van der Waals surface area contributed by atoms with Crippen LogP contribution in [0.4, 0.5) is 0 Å². The number of ether oxygens (including phenoxy) is 1. The van der Waals surface area contributed by atoms with Gasteiger partial charge in [-0.3, -0.25) is 4.79 Å². The van der Waals surface area contributed by atoms with Gasteiger partial charge >= 0.3 is 5.97 Å². The number of hydrogen-bond acceptors (Lipinski definition) is 3. The van der Waals surface area contributed by atoms with Crippen LogP contribution in [0.3, 0.4) is 0 Å². The Balaban J connectivity index is 2.17. The Morgan fingerprint density at radius 3 is 2.00 bits per heavy atom. The van der Waals surface area contributed by atoms with E-state index in [1.807, 2.05) is 12.1 Å². The van der Waals surface area contributed by atoms with Gasteiger partial charge in [0.05, 0.1) is 20.6 Å². The number of ketones is 1. The lowest BCUT2D eigenvalue weighted by molar-refractivity contribution is 0.0319. The van der Waals surface area contributed by atoms with E-state index in [0.29, 0.717) is 5.56 Å². The Morgan fingerprint density at radius 2 is 1.46 bits per heavy atom. The molecule has 2 aromatic carbocycles. The minimum atomic E-state index is -0.992. The van der Waals surface area contributed by atoms with E-state index < -0.39 is 12.1 Å². The molecule has 0 radical (unpaired) electrons. The summed E-state index contributed by atoms with van der Waals surface area (Å²) in [7, 11) is 0. The van der Waals surface area contributed by atoms with Gasteiger partial charge in [0.25, 0.3) is 0 Å². The van der Waals surface area contributed by atoms with Gasteiger partial charge in [0.1, 0.15) is 0 Å². The van der Waals surface area contributed by atoms with Crippen LogP contribution in [0.2, 0.25) is 15.1 Å². The number of Topliss-reactive ketones (excluding diaryl/α,β-unsaturated/α-hetero) is 1. The second kappa shape index (κ2) is 7.99. The van der Waals surface area contributed by atoms with Crippen LogP contribution in [-0.4, -0.2) is 17.9 Å². The Hall–Kier alpha value is -1.55. The number of halogens is 3. The SMILES string of the molecule is C[C@@H](OC(=O)c1c(Cl)ccc(Cl)c1Cl)C(=O)c1ccc(C(C)(C)C)cc1. The van der Waals surface area contributed by atoms with E-state index in [2.05, 4.69) is 20.8 Å². The number of benzene rings is 2. The normalized spacial score (nSPS) is 12.6. The number of esters is 1. The second-order valence-corrected chi connectivity index (χ2v) is 8.15. The van der Waals surface area contributed by atoms with Crippen molar-refractivity contribution < 1.29 is 14.3 Å². The van der Waals surface area contributed by atoms with Gasteiger partial charge < -0.3 is 4.74 Å². The summed E-state index contributed by atoms with van der Waals surface area (Å²) in [6, 6.07) is 10.2. The zero-order valence-corrected chi connectivity index (χ0v) is 17.2. The summed E-state index contributed by atoms with van der Waals surface area (Å²) in [5.74, 6) is -1.11. The molecule has 0 aliphatic rings. The molecule has 3 nitrogen and oxygen atoms in total. The maximum Gasteiger partial charge on any atom is 0.341 e. The fourth-order valence-electron chi connectivity index (χ4n) is 2.36. The minimum Gasteiger partial charge on any atom is -0.451 e. The summed E-state index contributed by atoms with van der Waals surface area (Å²) in [5, 5.41) is 0.289. The van der Waals surface area contributed by atoms with Gasteiger partial charge in [-0.2, -0.15) is 0 Å².